The van der Waals surface area contributed by atoms with Gasteiger partial charge in [-0.3, -0.25) is 9.59 Å². The van der Waals surface area contributed by atoms with Crippen molar-refractivity contribution in [2.45, 2.75) is 159 Å². The normalized spacial score (nSPS) is 24.2. The van der Waals surface area contributed by atoms with Gasteiger partial charge in [0.25, 0.3) is 0 Å². The van der Waals surface area contributed by atoms with Crippen LogP contribution in [0.1, 0.15) is 102 Å². The number of hydrogen-bond donors (Lipinski definition) is 6. The maximum absolute atomic E-state index is 13.3. The van der Waals surface area contributed by atoms with Crippen molar-refractivity contribution in [3.63, 3.8) is 0 Å². The Balaban J connectivity index is 1.13. The minimum Gasteiger partial charge on any atom is -0.391 e. The number of aryl methyl sites for hydroxylation is 1. The van der Waals surface area contributed by atoms with E-state index in [2.05, 4.69) is 31.4 Å². The van der Waals surface area contributed by atoms with Crippen LogP contribution in [0.3, 0.4) is 0 Å². The molecule has 0 aromatic heterocycles. The Kier molecular flexibility index (Phi) is 16.8. The lowest BCUT2D eigenvalue weighted by Crippen LogP contribution is -2.71. The molecule has 54 heavy (non-hydrogen) atoms. The first kappa shape index (κ1) is 43.7. The summed E-state index contributed by atoms with van der Waals surface area (Å²) in [5.74, 6) is -2.20. The molecule has 2 aromatic rings. The average Bonchev–Trinajstić information content (AvgIpc) is 3.11. The lowest BCUT2D eigenvalue weighted by Gasteiger charge is -2.52. The van der Waals surface area contributed by atoms with Gasteiger partial charge in [0.1, 0.15) is 36.6 Å². The SMILES string of the molecule is C[C@@H](O)[C@@H](O)[C@H](COC1OC2C(O)[C@@H](O)C(CNC(=O)Cc3ccc(C(C)(C)C)cc3)O[C@H]12)NC(=O)CCCCCCCCCCc1ccc(F)c(F)c1. The summed E-state index contributed by atoms with van der Waals surface area (Å²) in [6, 6.07) is 10.9. The minimum absolute atomic E-state index is 0.00270. The number of nitrogens with one attached hydrogen (secondary N) is 2. The molecule has 2 amide bonds. The third-order valence-electron chi connectivity index (χ3n) is 10.3. The molecule has 0 aliphatic carbocycles. The molecule has 2 aliphatic rings. The fraction of sp³-hybridized carbons (Fsp3) is 0.659. The Bertz CT molecular complexity index is 1470. The number of aliphatic hydroxyl groups excluding tert-OH is 4. The number of carbonyl (C=O) groups excluding carboxylic acids is 2. The largest absolute Gasteiger partial charge is 0.391 e. The van der Waals surface area contributed by atoms with E-state index < -0.39 is 66.7 Å². The summed E-state index contributed by atoms with van der Waals surface area (Å²) in [5.41, 5.74) is 2.80. The topological polar surface area (TPSA) is 167 Å². The highest BCUT2D eigenvalue weighted by atomic mass is 19.2. The predicted octanol–water partition coefficient (Wildman–Crippen LogP) is 4.13. The van der Waals surface area contributed by atoms with E-state index in [0.717, 1.165) is 67.7 Å². The van der Waals surface area contributed by atoms with Crippen LogP contribution >= 0.6 is 0 Å². The second-order valence-electron chi connectivity index (χ2n) is 15.8. The molecule has 4 rings (SSSR count). The Morgan fingerprint density at radius 3 is 2.07 bits per heavy atom. The molecular weight excluding hydrogens is 702 g/mol. The molecular formula is C41H60F2N2O9. The van der Waals surface area contributed by atoms with E-state index in [9.17, 15) is 38.8 Å². The zero-order valence-electron chi connectivity index (χ0n) is 32.0. The van der Waals surface area contributed by atoms with Crippen molar-refractivity contribution in [2.24, 2.45) is 0 Å². The van der Waals surface area contributed by atoms with Gasteiger partial charge in [-0.25, -0.2) is 8.78 Å². The maximum atomic E-state index is 13.3. The van der Waals surface area contributed by atoms with Crippen LogP contribution in [0, 0.1) is 11.6 Å². The smallest absolute Gasteiger partial charge is 0.224 e. The fourth-order valence-corrected chi connectivity index (χ4v) is 6.79. The van der Waals surface area contributed by atoms with Gasteiger partial charge in [0.2, 0.25) is 11.8 Å². The Morgan fingerprint density at radius 1 is 0.815 bits per heavy atom. The van der Waals surface area contributed by atoms with Crippen LogP contribution in [0.15, 0.2) is 42.5 Å². The molecule has 2 aromatic carbocycles. The minimum atomic E-state index is -1.32. The number of unbranched alkanes of at least 4 members (excludes halogenated alkanes) is 7. The van der Waals surface area contributed by atoms with E-state index in [0.29, 0.717) is 12.8 Å². The zero-order valence-corrected chi connectivity index (χ0v) is 32.0. The summed E-state index contributed by atoms with van der Waals surface area (Å²) in [7, 11) is 0. The molecule has 2 heterocycles. The van der Waals surface area contributed by atoms with Gasteiger partial charge in [0.05, 0.1) is 25.2 Å². The fourth-order valence-electron chi connectivity index (χ4n) is 6.79. The molecule has 0 bridgehead atoms. The van der Waals surface area contributed by atoms with Crippen LogP contribution in [-0.2, 0) is 42.1 Å². The summed E-state index contributed by atoms with van der Waals surface area (Å²) < 4.78 is 43.9. The van der Waals surface area contributed by atoms with Gasteiger partial charge in [0, 0.05) is 13.0 Å². The summed E-state index contributed by atoms with van der Waals surface area (Å²) >= 11 is 0. The van der Waals surface area contributed by atoms with Crippen molar-refractivity contribution >= 4 is 11.8 Å². The summed E-state index contributed by atoms with van der Waals surface area (Å²) in [6.07, 6.45) is 0.0358. The molecule has 0 radical (unpaired) electrons. The number of benzene rings is 2. The highest BCUT2D eigenvalue weighted by Gasteiger charge is 2.56. The molecule has 2 aliphatic heterocycles. The van der Waals surface area contributed by atoms with Gasteiger partial charge in [0.15, 0.2) is 17.9 Å². The van der Waals surface area contributed by atoms with Gasteiger partial charge >= 0.3 is 0 Å². The number of ether oxygens (including phenoxy) is 3. The summed E-state index contributed by atoms with van der Waals surface area (Å²) in [6.45, 7) is 7.50. The van der Waals surface area contributed by atoms with E-state index >= 15 is 0 Å². The van der Waals surface area contributed by atoms with Crippen molar-refractivity contribution in [1.29, 1.82) is 0 Å². The zero-order chi connectivity index (χ0) is 39.4. The molecule has 6 N–H and O–H groups in total. The maximum Gasteiger partial charge on any atom is 0.224 e. The van der Waals surface area contributed by atoms with E-state index in [1.54, 1.807) is 6.07 Å². The van der Waals surface area contributed by atoms with Gasteiger partial charge in [-0.2, -0.15) is 0 Å². The predicted molar refractivity (Wildman–Crippen MR) is 198 cm³/mol. The number of rotatable bonds is 21. The number of amides is 2. The number of fused-ring (bicyclic) bond motifs is 1. The second kappa shape index (κ2) is 20.8. The number of halogens is 2. The van der Waals surface area contributed by atoms with Crippen LogP contribution in [0.5, 0.6) is 0 Å². The third-order valence-corrected chi connectivity index (χ3v) is 10.3. The molecule has 11 nitrogen and oxygen atoms in total. The van der Waals surface area contributed by atoms with Gasteiger partial charge < -0.3 is 45.3 Å². The van der Waals surface area contributed by atoms with Crippen LogP contribution in [0.25, 0.3) is 0 Å². The molecule has 2 fully saturated rings. The monoisotopic (exact) mass is 762 g/mol. The molecule has 2 saturated heterocycles. The number of carbonyl (C=O) groups is 2. The lowest BCUT2D eigenvalue weighted by atomic mass is 9.86. The van der Waals surface area contributed by atoms with Gasteiger partial charge in [-0.15, -0.1) is 0 Å². The Hall–Kier alpha value is -3.04. The quantitative estimate of drug-likeness (QED) is 0.103. The van der Waals surface area contributed by atoms with Crippen molar-refractivity contribution in [1.82, 2.24) is 10.6 Å². The Labute approximate surface area is 317 Å². The molecule has 4 unspecified atom stereocenters. The lowest BCUT2D eigenvalue weighted by molar-refractivity contribution is -0.392. The molecule has 0 saturated carbocycles. The van der Waals surface area contributed by atoms with Crippen molar-refractivity contribution in [3.8, 4) is 0 Å². The van der Waals surface area contributed by atoms with Gasteiger partial charge in [-0.1, -0.05) is 89.6 Å². The van der Waals surface area contributed by atoms with Crippen molar-refractivity contribution < 1.29 is 53.0 Å². The van der Waals surface area contributed by atoms with E-state index in [1.165, 1.54) is 13.0 Å². The van der Waals surface area contributed by atoms with Gasteiger partial charge in [-0.05, 0) is 60.4 Å². The Morgan fingerprint density at radius 2 is 1.44 bits per heavy atom. The molecule has 13 heteroatoms. The first-order chi connectivity index (χ1) is 25.6. The first-order valence-electron chi connectivity index (χ1n) is 19.4. The van der Waals surface area contributed by atoms with Crippen molar-refractivity contribution in [3.05, 3.63) is 70.8 Å². The third kappa shape index (κ3) is 13.0. The molecule has 302 valence electrons. The highest BCUT2D eigenvalue weighted by molar-refractivity contribution is 5.78. The van der Waals surface area contributed by atoms with Crippen molar-refractivity contribution in [2.75, 3.05) is 13.2 Å². The molecule has 9 atom stereocenters. The summed E-state index contributed by atoms with van der Waals surface area (Å²) in [5, 5.41) is 47.5. The molecule has 0 spiro atoms. The van der Waals surface area contributed by atoms with Crippen LogP contribution in [0.4, 0.5) is 8.78 Å². The van der Waals surface area contributed by atoms with E-state index in [1.807, 2.05) is 24.3 Å². The van der Waals surface area contributed by atoms with Crippen LogP contribution in [-0.4, -0.2) is 100 Å². The standard InChI is InChI=1S/C41H60F2N2O9/c1-25(46)35(49)31(45-33(47)14-12-10-8-6-5-7-9-11-13-26-17-20-29(42)30(43)21-26)24-52-40-39-38(54-40)37(51)36(50)32(53-39)23-44-34(48)22-27-15-18-28(19-16-27)41(2,3)4/h15-21,25,31-32,35-40,46,49-51H,5-14,22-24H2,1-4H3,(H,44,48)(H,45,47)/t25-,31+,32?,35-,36+,37?,38?,39+,40?/m1/s1. The number of aliphatic hydroxyl groups is 4. The highest BCUT2D eigenvalue weighted by Crippen LogP contribution is 2.36. The van der Waals surface area contributed by atoms with Crippen LogP contribution < -0.4 is 10.6 Å². The second-order valence-corrected chi connectivity index (χ2v) is 15.8. The average molecular weight is 763 g/mol. The summed E-state index contributed by atoms with van der Waals surface area (Å²) in [4.78, 5) is 25.5. The van der Waals surface area contributed by atoms with E-state index in [-0.39, 0.29) is 43.2 Å². The first-order valence-corrected chi connectivity index (χ1v) is 19.4. The van der Waals surface area contributed by atoms with E-state index in [4.69, 9.17) is 14.2 Å². The van der Waals surface area contributed by atoms with Crippen LogP contribution in [0.2, 0.25) is 0 Å². The number of hydrogen-bond acceptors (Lipinski definition) is 9.